The lowest BCUT2D eigenvalue weighted by Crippen LogP contribution is -2.20. The summed E-state index contributed by atoms with van der Waals surface area (Å²) in [5.41, 5.74) is 0.321. The first-order valence-electron chi connectivity index (χ1n) is 8.38. The molecule has 5 nitrogen and oxygen atoms in total. The van der Waals surface area contributed by atoms with Crippen LogP contribution in [0.15, 0.2) is 60.8 Å². The largest absolute Gasteiger partial charge is 0.495 e. The van der Waals surface area contributed by atoms with Crippen LogP contribution in [0.3, 0.4) is 0 Å². The van der Waals surface area contributed by atoms with E-state index < -0.39 is 11.7 Å². The topological polar surface area (TPSA) is 47.5 Å². The molecule has 8 heteroatoms. The number of aromatic nitrogens is 2. The van der Waals surface area contributed by atoms with Crippen molar-refractivity contribution in [3.05, 3.63) is 71.9 Å². The average Bonchev–Trinajstić information content (AvgIpc) is 2.71. The maximum atomic E-state index is 13.5. The van der Waals surface area contributed by atoms with Crippen molar-refractivity contribution in [2.24, 2.45) is 0 Å². The van der Waals surface area contributed by atoms with Gasteiger partial charge in [-0.2, -0.15) is 18.2 Å². The molecule has 0 fully saturated rings. The summed E-state index contributed by atoms with van der Waals surface area (Å²) in [6, 6.07) is 15.8. The Morgan fingerprint density at radius 1 is 1.00 bits per heavy atom. The third kappa shape index (κ3) is 4.33. The predicted molar refractivity (Wildman–Crippen MR) is 98.9 cm³/mol. The molecule has 0 amide bonds. The van der Waals surface area contributed by atoms with Gasteiger partial charge in [-0.15, -0.1) is 0 Å². The van der Waals surface area contributed by atoms with Gasteiger partial charge in [0.1, 0.15) is 17.9 Å². The highest BCUT2D eigenvalue weighted by Crippen LogP contribution is 2.39. The maximum absolute atomic E-state index is 13.5. The van der Waals surface area contributed by atoms with Crippen LogP contribution in [0.25, 0.3) is 0 Å². The van der Waals surface area contributed by atoms with Gasteiger partial charge in [0.2, 0.25) is 0 Å². The molecule has 1 heterocycles. The molecular weight excluding hydrogens is 371 g/mol. The first kappa shape index (κ1) is 19.5. The standard InChI is InChI=1S/C20H18F3N3O2/c1-26(16-10-6-7-11-17(16)27-2)18-15(20(21,22)23)12-24-19(25-18)28-13-14-8-4-3-5-9-14/h3-12H,13H2,1-2H3. The van der Waals surface area contributed by atoms with Crippen LogP contribution in [0.1, 0.15) is 11.1 Å². The molecule has 0 aliphatic carbocycles. The van der Waals surface area contributed by atoms with E-state index >= 15 is 0 Å². The van der Waals surface area contributed by atoms with Gasteiger partial charge in [0.05, 0.1) is 12.8 Å². The third-order valence-electron chi connectivity index (χ3n) is 4.03. The van der Waals surface area contributed by atoms with E-state index in [1.54, 1.807) is 24.3 Å². The van der Waals surface area contributed by atoms with E-state index in [1.165, 1.54) is 19.1 Å². The minimum Gasteiger partial charge on any atom is -0.495 e. The van der Waals surface area contributed by atoms with Crippen LogP contribution < -0.4 is 14.4 Å². The molecule has 0 atom stereocenters. The fourth-order valence-corrected chi connectivity index (χ4v) is 2.63. The van der Waals surface area contributed by atoms with Crippen molar-refractivity contribution in [2.75, 3.05) is 19.1 Å². The number of rotatable bonds is 6. The minimum absolute atomic E-state index is 0.143. The summed E-state index contributed by atoms with van der Waals surface area (Å²) in [6.45, 7) is 0.143. The zero-order valence-electron chi connectivity index (χ0n) is 15.3. The summed E-state index contributed by atoms with van der Waals surface area (Å²) in [7, 11) is 2.93. The Balaban J connectivity index is 1.96. The SMILES string of the molecule is COc1ccccc1N(C)c1nc(OCc2ccccc2)ncc1C(F)(F)F. The Kier molecular flexibility index (Phi) is 5.67. The summed E-state index contributed by atoms with van der Waals surface area (Å²) in [5, 5.41) is 0. The van der Waals surface area contributed by atoms with Gasteiger partial charge in [-0.3, -0.25) is 0 Å². The summed E-state index contributed by atoms with van der Waals surface area (Å²) in [6.07, 6.45) is -3.89. The normalized spacial score (nSPS) is 11.2. The Hall–Kier alpha value is -3.29. The minimum atomic E-state index is -4.62. The van der Waals surface area contributed by atoms with Gasteiger partial charge in [0, 0.05) is 13.2 Å². The van der Waals surface area contributed by atoms with Crippen molar-refractivity contribution < 1.29 is 22.6 Å². The smallest absolute Gasteiger partial charge is 0.421 e. The molecule has 0 radical (unpaired) electrons. The number of hydrogen-bond donors (Lipinski definition) is 0. The van der Waals surface area contributed by atoms with Gasteiger partial charge in [0.25, 0.3) is 0 Å². The van der Waals surface area contributed by atoms with E-state index in [1.807, 2.05) is 30.3 Å². The van der Waals surface area contributed by atoms with E-state index in [0.29, 0.717) is 11.4 Å². The van der Waals surface area contributed by atoms with Crippen molar-refractivity contribution in [3.8, 4) is 11.8 Å². The van der Waals surface area contributed by atoms with Gasteiger partial charge in [-0.25, -0.2) is 4.98 Å². The molecule has 0 N–H and O–H groups in total. The number of methoxy groups -OCH3 is 1. The molecule has 0 bridgehead atoms. The van der Waals surface area contributed by atoms with Crippen LogP contribution in [0.5, 0.6) is 11.8 Å². The molecule has 0 spiro atoms. The quantitative estimate of drug-likeness (QED) is 0.603. The van der Waals surface area contributed by atoms with Crippen LogP contribution in [0, 0.1) is 0 Å². The molecule has 0 aliphatic heterocycles. The zero-order valence-corrected chi connectivity index (χ0v) is 15.3. The number of alkyl halides is 3. The van der Waals surface area contributed by atoms with Gasteiger partial charge in [-0.05, 0) is 17.7 Å². The van der Waals surface area contributed by atoms with Crippen LogP contribution >= 0.6 is 0 Å². The second-order valence-corrected chi connectivity index (χ2v) is 5.89. The molecule has 0 saturated heterocycles. The fourth-order valence-electron chi connectivity index (χ4n) is 2.63. The van der Waals surface area contributed by atoms with Gasteiger partial charge >= 0.3 is 12.2 Å². The highest BCUT2D eigenvalue weighted by molar-refractivity contribution is 5.68. The van der Waals surface area contributed by atoms with Crippen molar-refractivity contribution in [1.29, 1.82) is 0 Å². The zero-order chi connectivity index (χ0) is 20.1. The summed E-state index contributed by atoms with van der Waals surface area (Å²) in [4.78, 5) is 9.06. The van der Waals surface area contributed by atoms with E-state index in [4.69, 9.17) is 9.47 Å². The molecule has 0 unspecified atom stereocenters. The third-order valence-corrected chi connectivity index (χ3v) is 4.03. The number of ether oxygens (including phenoxy) is 2. The highest BCUT2D eigenvalue weighted by Gasteiger charge is 2.37. The lowest BCUT2D eigenvalue weighted by atomic mass is 10.2. The number of halogens is 3. The van der Waals surface area contributed by atoms with E-state index in [2.05, 4.69) is 9.97 Å². The molecule has 3 rings (SSSR count). The van der Waals surface area contributed by atoms with E-state index in [-0.39, 0.29) is 18.4 Å². The number of anilines is 2. The second-order valence-electron chi connectivity index (χ2n) is 5.89. The van der Waals surface area contributed by atoms with Crippen LogP contribution in [0.4, 0.5) is 24.7 Å². The van der Waals surface area contributed by atoms with Gasteiger partial charge in [0.15, 0.2) is 5.82 Å². The summed E-state index contributed by atoms with van der Waals surface area (Å²) >= 11 is 0. The van der Waals surface area contributed by atoms with E-state index in [9.17, 15) is 13.2 Å². The number of hydrogen-bond acceptors (Lipinski definition) is 5. The number of para-hydroxylation sites is 2. The Bertz CT molecular complexity index is 933. The Morgan fingerprint density at radius 2 is 1.68 bits per heavy atom. The maximum Gasteiger partial charge on any atom is 0.421 e. The van der Waals surface area contributed by atoms with Crippen molar-refractivity contribution in [2.45, 2.75) is 12.8 Å². The molecule has 2 aromatic carbocycles. The van der Waals surface area contributed by atoms with Crippen molar-refractivity contribution in [1.82, 2.24) is 9.97 Å². The van der Waals surface area contributed by atoms with E-state index in [0.717, 1.165) is 11.8 Å². The fraction of sp³-hybridized carbons (Fsp3) is 0.200. The molecule has 3 aromatic rings. The van der Waals surface area contributed by atoms with Crippen molar-refractivity contribution in [3.63, 3.8) is 0 Å². The molecule has 0 aliphatic rings. The lowest BCUT2D eigenvalue weighted by molar-refractivity contribution is -0.137. The second kappa shape index (κ2) is 8.16. The van der Waals surface area contributed by atoms with Crippen molar-refractivity contribution >= 4 is 11.5 Å². The Labute approximate surface area is 160 Å². The molecule has 1 aromatic heterocycles. The van der Waals surface area contributed by atoms with Crippen LogP contribution in [-0.2, 0) is 12.8 Å². The average molecular weight is 389 g/mol. The first-order chi connectivity index (χ1) is 13.4. The van der Waals surface area contributed by atoms with Gasteiger partial charge < -0.3 is 14.4 Å². The summed E-state index contributed by atoms with van der Waals surface area (Å²) in [5.74, 6) is 0.0959. The highest BCUT2D eigenvalue weighted by atomic mass is 19.4. The number of benzene rings is 2. The number of nitrogens with zero attached hydrogens (tertiary/aromatic N) is 3. The predicted octanol–water partition coefficient (Wildman–Crippen LogP) is 4.85. The Morgan fingerprint density at radius 3 is 2.36 bits per heavy atom. The lowest BCUT2D eigenvalue weighted by Gasteiger charge is -2.24. The molecular formula is C20H18F3N3O2. The molecule has 0 saturated carbocycles. The molecule has 28 heavy (non-hydrogen) atoms. The van der Waals surface area contributed by atoms with Crippen LogP contribution in [-0.4, -0.2) is 24.1 Å². The summed E-state index contributed by atoms with van der Waals surface area (Å²) < 4.78 is 51.3. The van der Waals surface area contributed by atoms with Crippen LogP contribution in [0.2, 0.25) is 0 Å². The van der Waals surface area contributed by atoms with Gasteiger partial charge in [-0.1, -0.05) is 42.5 Å². The monoisotopic (exact) mass is 389 g/mol. The molecule has 146 valence electrons. The first-order valence-corrected chi connectivity index (χ1v) is 8.38.